The third-order valence-electron chi connectivity index (χ3n) is 1.69. The second kappa shape index (κ2) is 3.99. The summed E-state index contributed by atoms with van der Waals surface area (Å²) in [4.78, 5) is 14.5. The van der Waals surface area contributed by atoms with Crippen LogP contribution in [-0.4, -0.2) is 17.9 Å². The Labute approximate surface area is 79.1 Å². The molecule has 0 unspecified atom stereocenters. The van der Waals surface area contributed by atoms with E-state index in [2.05, 4.69) is 10.3 Å². The quantitative estimate of drug-likeness (QED) is 0.771. The highest BCUT2D eigenvalue weighted by Crippen LogP contribution is 2.24. The molecule has 0 aliphatic heterocycles. The lowest BCUT2D eigenvalue weighted by molar-refractivity contribution is 0.0985. The molecule has 0 aliphatic rings. The second-order valence-corrected chi connectivity index (χ2v) is 2.57. The molecule has 1 heterocycles. The van der Waals surface area contributed by atoms with Gasteiger partial charge in [-0.1, -0.05) is 0 Å². The monoisotopic (exact) mass is 201 g/mol. The number of halogens is 2. The lowest BCUT2D eigenvalue weighted by Gasteiger charge is -2.07. The Morgan fingerprint density at radius 1 is 1.64 bits per heavy atom. The van der Waals surface area contributed by atoms with E-state index in [1.807, 2.05) is 0 Å². The van der Waals surface area contributed by atoms with Crippen molar-refractivity contribution in [2.45, 2.75) is 6.43 Å². The first kappa shape index (κ1) is 10.4. The Morgan fingerprint density at radius 2 is 2.29 bits per heavy atom. The van der Waals surface area contributed by atoms with Gasteiger partial charge in [0, 0.05) is 18.8 Å². The van der Waals surface area contributed by atoms with E-state index in [0.29, 0.717) is 0 Å². The first-order valence-corrected chi connectivity index (χ1v) is 3.82. The van der Waals surface area contributed by atoms with Crippen LogP contribution in [-0.2, 0) is 0 Å². The first-order valence-electron chi connectivity index (χ1n) is 3.82. The number of nitrogens with one attached hydrogen (secondary N) is 1. The summed E-state index contributed by atoms with van der Waals surface area (Å²) in [7, 11) is 1.54. The van der Waals surface area contributed by atoms with Gasteiger partial charge in [-0.25, -0.2) is 13.8 Å². The molecule has 0 saturated carbocycles. The molecule has 0 aromatic carbocycles. The number of primary amides is 1. The molecule has 0 fully saturated rings. The van der Waals surface area contributed by atoms with Crippen LogP contribution >= 0.6 is 0 Å². The SMILES string of the molecule is CNc1cc(C(F)F)c(C(N)=O)cn1. The topological polar surface area (TPSA) is 68.0 Å². The van der Waals surface area contributed by atoms with Crippen molar-refractivity contribution in [3.05, 3.63) is 23.4 Å². The smallest absolute Gasteiger partial charge is 0.264 e. The fraction of sp³-hybridized carbons (Fsp3) is 0.250. The average Bonchev–Trinajstić information content (AvgIpc) is 2.16. The van der Waals surface area contributed by atoms with E-state index in [-0.39, 0.29) is 11.4 Å². The zero-order valence-electron chi connectivity index (χ0n) is 7.42. The molecule has 4 nitrogen and oxygen atoms in total. The number of carbonyl (C=O) groups is 1. The first-order chi connectivity index (χ1) is 6.56. The van der Waals surface area contributed by atoms with E-state index >= 15 is 0 Å². The number of hydrogen-bond acceptors (Lipinski definition) is 3. The van der Waals surface area contributed by atoms with Gasteiger partial charge in [0.15, 0.2) is 0 Å². The molecule has 1 aromatic rings. The fourth-order valence-electron chi connectivity index (χ4n) is 0.994. The molecule has 3 N–H and O–H groups in total. The van der Waals surface area contributed by atoms with Crippen molar-refractivity contribution in [3.8, 4) is 0 Å². The average molecular weight is 201 g/mol. The number of aromatic nitrogens is 1. The number of amides is 1. The molecule has 1 amide bonds. The second-order valence-electron chi connectivity index (χ2n) is 2.57. The number of nitrogens with zero attached hydrogens (tertiary/aromatic N) is 1. The number of rotatable bonds is 3. The normalized spacial score (nSPS) is 10.3. The van der Waals surface area contributed by atoms with Gasteiger partial charge >= 0.3 is 0 Å². The van der Waals surface area contributed by atoms with Gasteiger partial charge in [0.05, 0.1) is 5.56 Å². The van der Waals surface area contributed by atoms with Gasteiger partial charge in [0.1, 0.15) is 5.82 Å². The van der Waals surface area contributed by atoms with Crippen molar-refractivity contribution < 1.29 is 13.6 Å². The minimum absolute atomic E-state index is 0.251. The van der Waals surface area contributed by atoms with Gasteiger partial charge in [0.2, 0.25) is 0 Å². The van der Waals surface area contributed by atoms with Crippen molar-refractivity contribution in [2.75, 3.05) is 12.4 Å². The maximum atomic E-state index is 12.4. The van der Waals surface area contributed by atoms with E-state index in [4.69, 9.17) is 5.73 Å². The van der Waals surface area contributed by atoms with Crippen LogP contribution in [0.25, 0.3) is 0 Å². The summed E-state index contributed by atoms with van der Waals surface area (Å²) in [6, 6.07) is 1.10. The van der Waals surface area contributed by atoms with Gasteiger partial charge in [-0.15, -0.1) is 0 Å². The van der Waals surface area contributed by atoms with Gasteiger partial charge < -0.3 is 11.1 Å². The van der Waals surface area contributed by atoms with E-state index < -0.39 is 17.9 Å². The van der Waals surface area contributed by atoms with Crippen molar-refractivity contribution in [1.29, 1.82) is 0 Å². The molecule has 6 heteroatoms. The lowest BCUT2D eigenvalue weighted by atomic mass is 10.1. The van der Waals surface area contributed by atoms with E-state index in [1.54, 1.807) is 7.05 Å². The Bertz CT molecular complexity index is 354. The molecule has 0 saturated heterocycles. The molecule has 1 rings (SSSR count). The summed E-state index contributed by atoms with van der Waals surface area (Å²) in [5.74, 6) is -0.638. The molecule has 0 bridgehead atoms. The Hall–Kier alpha value is -1.72. The van der Waals surface area contributed by atoms with Crippen LogP contribution in [0.2, 0.25) is 0 Å². The molecule has 0 spiro atoms. The Balaban J connectivity index is 3.24. The summed E-state index contributed by atoms with van der Waals surface area (Å²) in [5.41, 5.74) is 4.25. The number of alkyl halides is 2. The zero-order valence-corrected chi connectivity index (χ0v) is 7.42. The summed E-state index contributed by atoms with van der Waals surface area (Å²) in [6.45, 7) is 0. The summed E-state index contributed by atoms with van der Waals surface area (Å²) in [6.07, 6.45) is -1.71. The van der Waals surface area contributed by atoms with Crippen LogP contribution in [0.4, 0.5) is 14.6 Å². The van der Waals surface area contributed by atoms with Crippen molar-refractivity contribution >= 4 is 11.7 Å². The molecule has 0 atom stereocenters. The van der Waals surface area contributed by atoms with E-state index in [9.17, 15) is 13.6 Å². The molecule has 14 heavy (non-hydrogen) atoms. The highest BCUT2D eigenvalue weighted by molar-refractivity contribution is 5.94. The molecular formula is C8H9F2N3O. The van der Waals surface area contributed by atoms with Gasteiger partial charge in [-0.05, 0) is 6.07 Å². The number of anilines is 1. The van der Waals surface area contributed by atoms with Crippen molar-refractivity contribution in [1.82, 2.24) is 4.98 Å². The summed E-state index contributed by atoms with van der Waals surface area (Å²) >= 11 is 0. The van der Waals surface area contributed by atoms with Crippen molar-refractivity contribution in [2.24, 2.45) is 5.73 Å². The molecule has 76 valence electrons. The Morgan fingerprint density at radius 3 is 2.71 bits per heavy atom. The summed E-state index contributed by atoms with van der Waals surface area (Å²) < 4.78 is 24.9. The maximum Gasteiger partial charge on any atom is 0.264 e. The molecule has 0 radical (unpaired) electrons. The summed E-state index contributed by atoms with van der Waals surface area (Å²) in [5, 5.41) is 2.59. The van der Waals surface area contributed by atoms with Crippen LogP contribution < -0.4 is 11.1 Å². The van der Waals surface area contributed by atoms with E-state index in [0.717, 1.165) is 12.3 Å². The number of carbonyl (C=O) groups excluding carboxylic acids is 1. The van der Waals surface area contributed by atoms with Gasteiger partial charge in [-0.2, -0.15) is 0 Å². The predicted molar refractivity (Wildman–Crippen MR) is 47.3 cm³/mol. The van der Waals surface area contributed by atoms with Crippen LogP contribution in [0.3, 0.4) is 0 Å². The third-order valence-corrected chi connectivity index (χ3v) is 1.69. The van der Waals surface area contributed by atoms with Crippen molar-refractivity contribution in [3.63, 3.8) is 0 Å². The lowest BCUT2D eigenvalue weighted by Crippen LogP contribution is -2.15. The van der Waals surface area contributed by atoms with Crippen LogP contribution in [0.1, 0.15) is 22.3 Å². The highest BCUT2D eigenvalue weighted by atomic mass is 19.3. The minimum Gasteiger partial charge on any atom is -0.373 e. The number of hydrogen-bond donors (Lipinski definition) is 2. The minimum atomic E-state index is -2.74. The Kier molecular flexibility index (Phi) is 2.95. The number of nitrogens with two attached hydrogens (primary N) is 1. The predicted octanol–water partition coefficient (Wildman–Crippen LogP) is 1.16. The molecule has 1 aromatic heterocycles. The highest BCUT2D eigenvalue weighted by Gasteiger charge is 2.17. The maximum absolute atomic E-state index is 12.4. The number of pyridine rings is 1. The van der Waals surface area contributed by atoms with Gasteiger partial charge in [-0.3, -0.25) is 4.79 Å². The zero-order chi connectivity index (χ0) is 10.7. The third kappa shape index (κ3) is 1.95. The van der Waals surface area contributed by atoms with E-state index in [1.165, 1.54) is 0 Å². The van der Waals surface area contributed by atoms with Crippen LogP contribution in [0.15, 0.2) is 12.3 Å². The molecule has 0 aliphatic carbocycles. The van der Waals surface area contributed by atoms with Gasteiger partial charge in [0.25, 0.3) is 12.3 Å². The van der Waals surface area contributed by atoms with Crippen LogP contribution in [0, 0.1) is 0 Å². The standard InChI is InChI=1S/C8H9F2N3O/c1-12-6-2-4(7(9)10)5(3-13-6)8(11)14/h2-3,7H,1H3,(H2,11,14)(H,12,13). The fourth-order valence-corrected chi connectivity index (χ4v) is 0.994. The largest absolute Gasteiger partial charge is 0.373 e. The molecular weight excluding hydrogens is 192 g/mol. The van der Waals surface area contributed by atoms with Crippen LogP contribution in [0.5, 0.6) is 0 Å².